The highest BCUT2D eigenvalue weighted by atomic mass is 35.5. The van der Waals surface area contributed by atoms with E-state index in [1.165, 1.54) is 0 Å². The van der Waals surface area contributed by atoms with Gasteiger partial charge in [0.15, 0.2) is 9.84 Å². The number of benzene rings is 1. The first-order valence-corrected chi connectivity index (χ1v) is 8.28. The van der Waals surface area contributed by atoms with Crippen LogP contribution in [-0.2, 0) is 9.84 Å². The van der Waals surface area contributed by atoms with E-state index >= 15 is 0 Å². The second-order valence-corrected chi connectivity index (χ2v) is 7.64. The van der Waals surface area contributed by atoms with Crippen molar-refractivity contribution in [2.75, 3.05) is 26.7 Å². The lowest BCUT2D eigenvalue weighted by molar-refractivity contribution is 0.124. The highest BCUT2D eigenvalue weighted by molar-refractivity contribution is 7.92. The van der Waals surface area contributed by atoms with Crippen LogP contribution in [0, 0.1) is 0 Å². The molecule has 0 N–H and O–H groups in total. The molecule has 0 spiro atoms. The van der Waals surface area contributed by atoms with Crippen molar-refractivity contribution in [2.24, 2.45) is 0 Å². The zero-order valence-corrected chi connectivity index (χ0v) is 12.7. The molecule has 4 nitrogen and oxygen atoms in total. The Bertz CT molecular complexity index is 521. The molecule has 6 heteroatoms. The summed E-state index contributed by atoms with van der Waals surface area (Å²) < 4.78 is 25.1. The third-order valence-electron chi connectivity index (χ3n) is 3.55. The summed E-state index contributed by atoms with van der Waals surface area (Å²) in [7, 11) is -1.38. The van der Waals surface area contributed by atoms with Gasteiger partial charge in [-0.05, 0) is 26.1 Å². The first-order chi connectivity index (χ1) is 8.93. The summed E-state index contributed by atoms with van der Waals surface area (Å²) >= 11 is 6.29. The Kier molecular flexibility index (Phi) is 4.50. The summed E-state index contributed by atoms with van der Waals surface area (Å²) in [6, 6.07) is 8.55. The normalized spacial score (nSPS) is 24.3. The number of nitrogens with zero attached hydrogens (tertiary/aromatic N) is 2. The van der Waals surface area contributed by atoms with Crippen molar-refractivity contribution >= 4 is 21.4 Å². The molecule has 1 aliphatic heterocycles. The molecule has 0 saturated carbocycles. The Labute approximate surface area is 119 Å². The summed E-state index contributed by atoms with van der Waals surface area (Å²) in [4.78, 5) is 4.31. The third-order valence-corrected chi connectivity index (χ3v) is 6.04. The van der Waals surface area contributed by atoms with Gasteiger partial charge in [0.25, 0.3) is 0 Å². The van der Waals surface area contributed by atoms with E-state index in [0.29, 0.717) is 18.0 Å². The Morgan fingerprint density at radius 2 is 1.89 bits per heavy atom. The molecule has 0 amide bonds. The van der Waals surface area contributed by atoms with Crippen molar-refractivity contribution in [1.29, 1.82) is 0 Å². The summed E-state index contributed by atoms with van der Waals surface area (Å²) in [5.74, 6) is 0. The molecule has 1 saturated heterocycles. The molecule has 2 atom stereocenters. The van der Waals surface area contributed by atoms with E-state index < -0.39 is 15.2 Å². The van der Waals surface area contributed by atoms with Crippen LogP contribution < -0.4 is 0 Å². The zero-order chi connectivity index (χ0) is 14.0. The van der Waals surface area contributed by atoms with Crippen LogP contribution >= 0.6 is 11.6 Å². The van der Waals surface area contributed by atoms with Gasteiger partial charge in [0.2, 0.25) is 0 Å². The van der Waals surface area contributed by atoms with Crippen LogP contribution in [0.2, 0.25) is 0 Å². The molecule has 1 aromatic carbocycles. The van der Waals surface area contributed by atoms with E-state index in [1.54, 1.807) is 31.2 Å². The molecular formula is C13H19ClN2O2S. The van der Waals surface area contributed by atoms with E-state index in [0.717, 1.165) is 6.54 Å². The van der Waals surface area contributed by atoms with Crippen molar-refractivity contribution in [1.82, 2.24) is 9.80 Å². The average molecular weight is 303 g/mol. The van der Waals surface area contributed by atoms with Gasteiger partial charge in [0.1, 0.15) is 5.37 Å². The van der Waals surface area contributed by atoms with Crippen molar-refractivity contribution in [3.8, 4) is 0 Å². The minimum absolute atomic E-state index is 0.271. The summed E-state index contributed by atoms with van der Waals surface area (Å²) in [5.41, 5.74) is -0.271. The highest BCUT2D eigenvalue weighted by Crippen LogP contribution is 2.23. The fraction of sp³-hybridized carbons (Fsp3) is 0.538. The second kappa shape index (κ2) is 5.79. The van der Waals surface area contributed by atoms with Gasteiger partial charge in [0, 0.05) is 19.6 Å². The lowest BCUT2D eigenvalue weighted by atomic mass is 10.3. The highest BCUT2D eigenvalue weighted by Gasteiger charge is 2.35. The predicted octanol–water partition coefficient (Wildman–Crippen LogP) is 1.62. The van der Waals surface area contributed by atoms with Crippen LogP contribution in [-0.4, -0.2) is 55.8 Å². The standard InChI is InChI=1S/C13H19ClN2O2S/c1-11(16-9-8-15(2)10-13(16)14)19(17,18)12-6-4-3-5-7-12/h3-7,11,13H,8-10H2,1-2H3. The first kappa shape index (κ1) is 14.8. The van der Waals surface area contributed by atoms with E-state index in [2.05, 4.69) is 4.90 Å². The van der Waals surface area contributed by atoms with Crippen molar-refractivity contribution < 1.29 is 8.42 Å². The van der Waals surface area contributed by atoms with Crippen LogP contribution in [0.15, 0.2) is 35.2 Å². The Morgan fingerprint density at radius 3 is 2.47 bits per heavy atom. The molecule has 0 aromatic heterocycles. The quantitative estimate of drug-likeness (QED) is 0.628. The number of piperazine rings is 1. The maximum atomic E-state index is 12.5. The largest absolute Gasteiger partial charge is 0.302 e. The number of halogens is 1. The molecule has 1 heterocycles. The van der Waals surface area contributed by atoms with E-state index in [4.69, 9.17) is 11.6 Å². The van der Waals surface area contributed by atoms with Gasteiger partial charge in [-0.1, -0.05) is 18.2 Å². The van der Waals surface area contributed by atoms with Gasteiger partial charge >= 0.3 is 0 Å². The predicted molar refractivity (Wildman–Crippen MR) is 76.9 cm³/mol. The zero-order valence-electron chi connectivity index (χ0n) is 11.2. The van der Waals surface area contributed by atoms with E-state index in [-0.39, 0.29) is 5.50 Å². The fourth-order valence-corrected chi connectivity index (χ4v) is 4.38. The number of sulfone groups is 1. The molecule has 1 fully saturated rings. The third kappa shape index (κ3) is 3.11. The van der Waals surface area contributed by atoms with Crippen LogP contribution in [0.3, 0.4) is 0 Å². The lowest BCUT2D eigenvalue weighted by Crippen LogP contribution is -2.54. The molecule has 2 rings (SSSR count). The molecular weight excluding hydrogens is 284 g/mol. The van der Waals surface area contributed by atoms with Gasteiger partial charge in [-0.25, -0.2) is 8.42 Å². The minimum Gasteiger partial charge on any atom is -0.302 e. The minimum atomic E-state index is -3.37. The smallest absolute Gasteiger partial charge is 0.194 e. The van der Waals surface area contributed by atoms with Crippen molar-refractivity contribution in [2.45, 2.75) is 22.7 Å². The maximum absolute atomic E-state index is 12.5. The Hall–Kier alpha value is -0.620. The maximum Gasteiger partial charge on any atom is 0.194 e. The molecule has 0 bridgehead atoms. The molecule has 19 heavy (non-hydrogen) atoms. The van der Waals surface area contributed by atoms with Crippen molar-refractivity contribution in [3.05, 3.63) is 30.3 Å². The molecule has 0 aliphatic carbocycles. The van der Waals surface area contributed by atoms with E-state index in [1.807, 2.05) is 18.0 Å². The Balaban J connectivity index is 2.22. The number of rotatable bonds is 3. The molecule has 106 valence electrons. The fourth-order valence-electron chi connectivity index (χ4n) is 2.27. The van der Waals surface area contributed by atoms with E-state index in [9.17, 15) is 8.42 Å². The van der Waals surface area contributed by atoms with Gasteiger partial charge in [-0.3, -0.25) is 4.90 Å². The van der Waals surface area contributed by atoms with Gasteiger partial charge < -0.3 is 4.90 Å². The monoisotopic (exact) mass is 302 g/mol. The SMILES string of the molecule is CC(N1CCN(C)CC1Cl)S(=O)(=O)c1ccccc1. The van der Waals surface area contributed by atoms with Crippen LogP contribution in [0.5, 0.6) is 0 Å². The average Bonchev–Trinajstić information content (AvgIpc) is 2.39. The molecule has 1 aromatic rings. The molecule has 1 aliphatic rings. The molecule has 2 unspecified atom stereocenters. The number of hydrogen-bond acceptors (Lipinski definition) is 4. The number of likely N-dealkylation sites (N-methyl/N-ethyl adjacent to an activating group) is 1. The summed E-state index contributed by atoms with van der Waals surface area (Å²) in [6.45, 7) is 3.88. The number of hydrogen-bond donors (Lipinski definition) is 0. The number of alkyl halides is 1. The summed E-state index contributed by atoms with van der Waals surface area (Å²) in [5, 5.41) is -0.605. The lowest BCUT2D eigenvalue weighted by Gasteiger charge is -2.39. The van der Waals surface area contributed by atoms with Gasteiger partial charge in [-0.2, -0.15) is 0 Å². The Morgan fingerprint density at radius 1 is 1.26 bits per heavy atom. The van der Waals surface area contributed by atoms with Crippen molar-refractivity contribution in [3.63, 3.8) is 0 Å². The van der Waals surface area contributed by atoms with Crippen LogP contribution in [0.25, 0.3) is 0 Å². The van der Waals surface area contributed by atoms with Gasteiger partial charge in [-0.15, -0.1) is 11.6 Å². The van der Waals surface area contributed by atoms with Crippen LogP contribution in [0.4, 0.5) is 0 Å². The van der Waals surface area contributed by atoms with Crippen LogP contribution in [0.1, 0.15) is 6.92 Å². The molecule has 0 radical (unpaired) electrons. The van der Waals surface area contributed by atoms with Gasteiger partial charge in [0.05, 0.1) is 10.4 Å². The first-order valence-electron chi connectivity index (χ1n) is 6.30. The summed E-state index contributed by atoms with van der Waals surface area (Å²) in [6.07, 6.45) is 0. The second-order valence-electron chi connectivity index (χ2n) is 4.89. The topological polar surface area (TPSA) is 40.6 Å².